The lowest BCUT2D eigenvalue weighted by Gasteiger charge is -2.17. The molecule has 20 heavy (non-hydrogen) atoms. The molecule has 0 saturated heterocycles. The number of imidazole rings is 1. The first-order valence-electron chi connectivity index (χ1n) is 6.35. The van der Waals surface area contributed by atoms with Gasteiger partial charge in [0.25, 0.3) is 0 Å². The van der Waals surface area contributed by atoms with Gasteiger partial charge in [-0.1, -0.05) is 6.92 Å². The average molecular weight is 277 g/mol. The van der Waals surface area contributed by atoms with Crippen LogP contribution in [0.4, 0.5) is 0 Å². The lowest BCUT2D eigenvalue weighted by Crippen LogP contribution is -2.24. The Morgan fingerprint density at radius 1 is 1.30 bits per heavy atom. The molecule has 1 unspecified atom stereocenters. The molecule has 7 nitrogen and oxygen atoms in total. The van der Waals surface area contributed by atoms with Gasteiger partial charge in [0.2, 0.25) is 11.8 Å². The van der Waals surface area contributed by atoms with Crippen LogP contribution < -0.4 is 14.8 Å². The summed E-state index contributed by atoms with van der Waals surface area (Å²) in [5, 5.41) is 3.34. The van der Waals surface area contributed by atoms with Gasteiger partial charge in [-0.25, -0.2) is 9.97 Å². The van der Waals surface area contributed by atoms with Crippen LogP contribution in [0.2, 0.25) is 0 Å². The predicted molar refractivity (Wildman–Crippen MR) is 73.9 cm³/mol. The van der Waals surface area contributed by atoms with E-state index in [1.54, 1.807) is 26.7 Å². The smallest absolute Gasteiger partial charge is 0.240 e. The molecule has 0 fully saturated rings. The van der Waals surface area contributed by atoms with Gasteiger partial charge in [0, 0.05) is 13.2 Å². The number of rotatable bonds is 6. The highest BCUT2D eigenvalue weighted by Crippen LogP contribution is 2.27. The maximum Gasteiger partial charge on any atom is 0.240 e. The van der Waals surface area contributed by atoms with E-state index in [-0.39, 0.29) is 6.04 Å². The second kappa shape index (κ2) is 6.33. The van der Waals surface area contributed by atoms with Gasteiger partial charge >= 0.3 is 0 Å². The lowest BCUT2D eigenvalue weighted by atomic mass is 10.1. The SMILES string of the molecule is CCNC(c1cn(C)cn1)c1ncc(OC)nc1OC. The number of nitrogens with zero attached hydrogens (tertiary/aromatic N) is 4. The minimum atomic E-state index is -0.172. The highest BCUT2D eigenvalue weighted by molar-refractivity contribution is 5.31. The molecule has 1 N–H and O–H groups in total. The van der Waals surface area contributed by atoms with Crippen LogP contribution >= 0.6 is 0 Å². The molecule has 0 spiro atoms. The molecule has 0 aliphatic heterocycles. The van der Waals surface area contributed by atoms with E-state index in [0.717, 1.165) is 12.2 Å². The molecule has 1 atom stereocenters. The number of methoxy groups -OCH3 is 2. The maximum atomic E-state index is 5.32. The second-order valence-corrected chi connectivity index (χ2v) is 4.26. The molecular formula is C13H19N5O2. The first-order valence-corrected chi connectivity index (χ1v) is 6.35. The normalized spacial score (nSPS) is 12.2. The molecule has 2 rings (SSSR count). The van der Waals surface area contributed by atoms with Crippen LogP contribution in [0, 0.1) is 0 Å². The number of aryl methyl sites for hydroxylation is 1. The van der Waals surface area contributed by atoms with Crippen LogP contribution in [0.1, 0.15) is 24.4 Å². The average Bonchev–Trinajstić information content (AvgIpc) is 2.90. The summed E-state index contributed by atoms with van der Waals surface area (Å²) in [7, 11) is 5.04. The Balaban J connectivity index is 2.43. The fourth-order valence-electron chi connectivity index (χ4n) is 1.94. The summed E-state index contributed by atoms with van der Waals surface area (Å²) in [6, 6.07) is -0.172. The van der Waals surface area contributed by atoms with E-state index in [1.807, 2.05) is 24.7 Å². The monoisotopic (exact) mass is 277 g/mol. The van der Waals surface area contributed by atoms with Crippen LogP contribution in [0.3, 0.4) is 0 Å². The van der Waals surface area contributed by atoms with Crippen LogP contribution in [-0.4, -0.2) is 40.3 Å². The van der Waals surface area contributed by atoms with Gasteiger partial charge in [0.1, 0.15) is 5.69 Å². The largest absolute Gasteiger partial charge is 0.480 e. The molecule has 108 valence electrons. The topological polar surface area (TPSA) is 74.1 Å². The molecule has 0 saturated carbocycles. The zero-order chi connectivity index (χ0) is 14.5. The summed E-state index contributed by atoms with van der Waals surface area (Å²) in [6.45, 7) is 2.80. The van der Waals surface area contributed by atoms with Gasteiger partial charge in [0.05, 0.1) is 38.5 Å². The van der Waals surface area contributed by atoms with E-state index in [0.29, 0.717) is 17.5 Å². The Morgan fingerprint density at radius 3 is 2.65 bits per heavy atom. The summed E-state index contributed by atoms with van der Waals surface area (Å²) in [4.78, 5) is 13.0. The van der Waals surface area contributed by atoms with Crippen molar-refractivity contribution in [1.29, 1.82) is 0 Å². The third kappa shape index (κ3) is 2.88. The predicted octanol–water partition coefficient (Wildman–Crippen LogP) is 0.926. The molecule has 0 aromatic carbocycles. The van der Waals surface area contributed by atoms with E-state index in [4.69, 9.17) is 9.47 Å². The highest BCUT2D eigenvalue weighted by atomic mass is 16.5. The Labute approximate surface area is 118 Å². The van der Waals surface area contributed by atoms with Crippen molar-refractivity contribution in [2.24, 2.45) is 7.05 Å². The molecule has 0 aliphatic carbocycles. The fourth-order valence-corrected chi connectivity index (χ4v) is 1.94. The third-order valence-electron chi connectivity index (χ3n) is 2.85. The molecule has 2 aromatic rings. The van der Waals surface area contributed by atoms with Crippen LogP contribution in [0.5, 0.6) is 11.8 Å². The van der Waals surface area contributed by atoms with Gasteiger partial charge in [0.15, 0.2) is 0 Å². The highest BCUT2D eigenvalue weighted by Gasteiger charge is 2.22. The zero-order valence-corrected chi connectivity index (χ0v) is 12.1. The van der Waals surface area contributed by atoms with Gasteiger partial charge in [-0.05, 0) is 6.54 Å². The summed E-state index contributed by atoms with van der Waals surface area (Å²) >= 11 is 0. The number of nitrogens with one attached hydrogen (secondary N) is 1. The van der Waals surface area contributed by atoms with Crippen LogP contribution in [0.15, 0.2) is 18.7 Å². The number of aromatic nitrogens is 4. The van der Waals surface area contributed by atoms with Crippen LogP contribution in [0.25, 0.3) is 0 Å². The first kappa shape index (κ1) is 14.3. The van der Waals surface area contributed by atoms with Gasteiger partial charge in [-0.2, -0.15) is 4.98 Å². The van der Waals surface area contributed by atoms with Crippen molar-refractivity contribution in [3.63, 3.8) is 0 Å². The van der Waals surface area contributed by atoms with E-state index >= 15 is 0 Å². The lowest BCUT2D eigenvalue weighted by molar-refractivity contribution is 0.352. The molecule has 0 radical (unpaired) electrons. The summed E-state index contributed by atoms with van der Waals surface area (Å²) in [6.07, 6.45) is 5.27. The van der Waals surface area contributed by atoms with Gasteiger partial charge < -0.3 is 19.4 Å². The Morgan fingerprint density at radius 2 is 2.10 bits per heavy atom. The summed E-state index contributed by atoms with van der Waals surface area (Å²) in [5.74, 6) is 0.850. The summed E-state index contributed by atoms with van der Waals surface area (Å²) < 4.78 is 12.3. The maximum absolute atomic E-state index is 5.32. The minimum Gasteiger partial charge on any atom is -0.480 e. The van der Waals surface area contributed by atoms with Crippen molar-refractivity contribution in [3.8, 4) is 11.8 Å². The standard InChI is InChI=1S/C13H19N5O2/c1-5-14-11(9-7-18(2)8-16-9)12-13(20-4)17-10(19-3)6-15-12/h6-8,11,14H,5H2,1-4H3. The number of ether oxygens (including phenoxy) is 2. The van der Waals surface area contributed by atoms with Gasteiger partial charge in [-0.3, -0.25) is 0 Å². The number of hydrogen-bond donors (Lipinski definition) is 1. The van der Waals surface area contributed by atoms with Crippen molar-refractivity contribution < 1.29 is 9.47 Å². The number of hydrogen-bond acceptors (Lipinski definition) is 6. The Hall–Kier alpha value is -2.15. The van der Waals surface area contributed by atoms with Crippen molar-refractivity contribution >= 4 is 0 Å². The second-order valence-electron chi connectivity index (χ2n) is 4.26. The van der Waals surface area contributed by atoms with E-state index in [9.17, 15) is 0 Å². The van der Waals surface area contributed by atoms with Crippen molar-refractivity contribution in [3.05, 3.63) is 30.1 Å². The van der Waals surface area contributed by atoms with E-state index < -0.39 is 0 Å². The Bertz CT molecular complexity index is 570. The molecule has 0 amide bonds. The van der Waals surface area contributed by atoms with Crippen LogP contribution in [-0.2, 0) is 7.05 Å². The molecule has 0 bridgehead atoms. The van der Waals surface area contributed by atoms with Crippen molar-refractivity contribution in [2.75, 3.05) is 20.8 Å². The molecule has 7 heteroatoms. The zero-order valence-electron chi connectivity index (χ0n) is 12.1. The molecule has 0 aliphatic rings. The van der Waals surface area contributed by atoms with E-state index in [1.165, 1.54) is 0 Å². The Kier molecular flexibility index (Phi) is 4.52. The fraction of sp³-hybridized carbons (Fsp3) is 0.462. The molecule has 2 heterocycles. The summed E-state index contributed by atoms with van der Waals surface area (Å²) in [5.41, 5.74) is 1.56. The van der Waals surface area contributed by atoms with Gasteiger partial charge in [-0.15, -0.1) is 0 Å². The third-order valence-corrected chi connectivity index (χ3v) is 2.85. The minimum absolute atomic E-state index is 0.172. The van der Waals surface area contributed by atoms with Crippen molar-refractivity contribution in [1.82, 2.24) is 24.8 Å². The quantitative estimate of drug-likeness (QED) is 0.846. The van der Waals surface area contributed by atoms with E-state index in [2.05, 4.69) is 20.3 Å². The first-order chi connectivity index (χ1) is 9.69. The molecule has 2 aromatic heterocycles. The molecular weight excluding hydrogens is 258 g/mol. The van der Waals surface area contributed by atoms with Crippen molar-refractivity contribution in [2.45, 2.75) is 13.0 Å².